The summed E-state index contributed by atoms with van der Waals surface area (Å²) in [7, 11) is 0. The first kappa shape index (κ1) is 18.5. The molecule has 0 aliphatic carbocycles. The van der Waals surface area contributed by atoms with Gasteiger partial charge in [-0.05, 0) is 42.0 Å². The lowest BCUT2D eigenvalue weighted by Crippen LogP contribution is -2.50. The number of benzene rings is 1. The zero-order valence-electron chi connectivity index (χ0n) is 14.4. The number of carbonyl (C=O) groups excluding carboxylic acids is 2. The highest BCUT2D eigenvalue weighted by Crippen LogP contribution is 2.11. The summed E-state index contributed by atoms with van der Waals surface area (Å²) in [5.41, 5.74) is 1.77. The van der Waals surface area contributed by atoms with E-state index in [0.29, 0.717) is 18.7 Å². The molecule has 2 aromatic rings. The molecule has 0 saturated carbocycles. The van der Waals surface area contributed by atoms with Gasteiger partial charge in [0.1, 0.15) is 0 Å². The standard InChI is InChI=1S/C19H21BrN4O2/c20-17-3-1-16(2-4-17)19(26)22-13-18(25)24-11-9-23(10-12-24)14-15-5-7-21-8-6-15/h1-8H,9-14H2,(H,22,26). The van der Waals surface area contributed by atoms with Crippen molar-refractivity contribution in [1.82, 2.24) is 20.1 Å². The number of amides is 2. The molecule has 1 aliphatic rings. The second-order valence-electron chi connectivity index (χ2n) is 6.20. The molecule has 0 bridgehead atoms. The molecule has 3 rings (SSSR count). The first-order valence-corrected chi connectivity index (χ1v) is 9.34. The van der Waals surface area contributed by atoms with Gasteiger partial charge in [0.2, 0.25) is 5.91 Å². The molecular formula is C19H21BrN4O2. The smallest absolute Gasteiger partial charge is 0.251 e. The minimum Gasteiger partial charge on any atom is -0.343 e. The number of aromatic nitrogens is 1. The molecule has 0 radical (unpaired) electrons. The highest BCUT2D eigenvalue weighted by atomic mass is 79.9. The number of piperazine rings is 1. The Morgan fingerprint density at radius 2 is 1.65 bits per heavy atom. The Hall–Kier alpha value is -2.25. The van der Waals surface area contributed by atoms with Crippen LogP contribution in [0.3, 0.4) is 0 Å². The zero-order chi connectivity index (χ0) is 18.4. The molecule has 0 atom stereocenters. The largest absolute Gasteiger partial charge is 0.343 e. The summed E-state index contributed by atoms with van der Waals surface area (Å²) < 4.78 is 0.912. The first-order valence-electron chi connectivity index (χ1n) is 8.54. The number of nitrogens with zero attached hydrogens (tertiary/aromatic N) is 3. The second kappa shape index (κ2) is 8.91. The summed E-state index contributed by atoms with van der Waals surface area (Å²) in [6.07, 6.45) is 3.59. The lowest BCUT2D eigenvalue weighted by atomic mass is 10.2. The molecule has 0 spiro atoms. The monoisotopic (exact) mass is 416 g/mol. The molecule has 136 valence electrons. The van der Waals surface area contributed by atoms with Crippen molar-refractivity contribution in [3.63, 3.8) is 0 Å². The number of nitrogens with one attached hydrogen (secondary N) is 1. The molecule has 6 nitrogen and oxygen atoms in total. The fraction of sp³-hybridized carbons (Fsp3) is 0.316. The second-order valence-corrected chi connectivity index (χ2v) is 7.12. The summed E-state index contributed by atoms with van der Waals surface area (Å²) in [5, 5.41) is 2.70. The van der Waals surface area contributed by atoms with Crippen LogP contribution in [0.25, 0.3) is 0 Å². The maximum absolute atomic E-state index is 12.3. The van der Waals surface area contributed by atoms with Crippen molar-refractivity contribution in [3.05, 3.63) is 64.4 Å². The van der Waals surface area contributed by atoms with Crippen molar-refractivity contribution in [2.75, 3.05) is 32.7 Å². The van der Waals surface area contributed by atoms with Crippen LogP contribution in [0.5, 0.6) is 0 Å². The van der Waals surface area contributed by atoms with Crippen LogP contribution in [0, 0.1) is 0 Å². The molecule has 1 aliphatic heterocycles. The van der Waals surface area contributed by atoms with E-state index in [2.05, 4.69) is 31.1 Å². The van der Waals surface area contributed by atoms with Gasteiger partial charge in [-0.1, -0.05) is 15.9 Å². The van der Waals surface area contributed by atoms with E-state index < -0.39 is 0 Å². The van der Waals surface area contributed by atoms with Crippen molar-refractivity contribution >= 4 is 27.7 Å². The number of rotatable bonds is 5. The number of carbonyl (C=O) groups is 2. The van der Waals surface area contributed by atoms with Crippen LogP contribution in [-0.2, 0) is 11.3 Å². The molecule has 1 aromatic carbocycles. The van der Waals surface area contributed by atoms with Crippen molar-refractivity contribution in [2.24, 2.45) is 0 Å². The summed E-state index contributed by atoms with van der Waals surface area (Å²) in [6.45, 7) is 3.91. The SMILES string of the molecule is O=C(NCC(=O)N1CCN(Cc2ccncc2)CC1)c1ccc(Br)cc1. The predicted molar refractivity (Wildman–Crippen MR) is 103 cm³/mol. The van der Waals surface area contributed by atoms with Crippen LogP contribution in [0.2, 0.25) is 0 Å². The third-order valence-electron chi connectivity index (χ3n) is 4.39. The average Bonchev–Trinajstić information content (AvgIpc) is 2.68. The van der Waals surface area contributed by atoms with E-state index in [-0.39, 0.29) is 18.4 Å². The number of halogens is 1. The lowest BCUT2D eigenvalue weighted by molar-refractivity contribution is -0.131. The van der Waals surface area contributed by atoms with Crippen LogP contribution >= 0.6 is 15.9 Å². The fourth-order valence-electron chi connectivity index (χ4n) is 2.87. The number of hydrogen-bond acceptors (Lipinski definition) is 4. The average molecular weight is 417 g/mol. The Bertz CT molecular complexity index is 744. The van der Waals surface area contributed by atoms with Crippen LogP contribution in [0.1, 0.15) is 15.9 Å². The van der Waals surface area contributed by atoms with Gasteiger partial charge in [0.15, 0.2) is 0 Å². The van der Waals surface area contributed by atoms with Gasteiger partial charge in [-0.15, -0.1) is 0 Å². The van der Waals surface area contributed by atoms with E-state index in [1.165, 1.54) is 5.56 Å². The molecule has 7 heteroatoms. The fourth-order valence-corrected chi connectivity index (χ4v) is 3.14. The van der Waals surface area contributed by atoms with Crippen LogP contribution < -0.4 is 5.32 Å². The molecule has 2 amide bonds. The van der Waals surface area contributed by atoms with E-state index in [1.54, 1.807) is 36.7 Å². The third kappa shape index (κ3) is 5.12. The summed E-state index contributed by atoms with van der Waals surface area (Å²) in [4.78, 5) is 32.6. The molecule has 26 heavy (non-hydrogen) atoms. The van der Waals surface area contributed by atoms with E-state index in [1.807, 2.05) is 17.0 Å². The lowest BCUT2D eigenvalue weighted by Gasteiger charge is -2.34. The van der Waals surface area contributed by atoms with Gasteiger partial charge in [0.05, 0.1) is 6.54 Å². The van der Waals surface area contributed by atoms with Gasteiger partial charge in [-0.3, -0.25) is 19.5 Å². The normalized spacial score (nSPS) is 14.9. The summed E-state index contributed by atoms with van der Waals surface area (Å²) in [6, 6.07) is 11.1. The maximum atomic E-state index is 12.3. The maximum Gasteiger partial charge on any atom is 0.251 e. The van der Waals surface area contributed by atoms with Gasteiger partial charge in [-0.2, -0.15) is 0 Å². The molecule has 1 fully saturated rings. The molecule has 1 saturated heterocycles. The van der Waals surface area contributed by atoms with E-state index in [0.717, 1.165) is 24.1 Å². The van der Waals surface area contributed by atoms with Crippen LogP contribution in [0.4, 0.5) is 0 Å². The topological polar surface area (TPSA) is 65.5 Å². The Kier molecular flexibility index (Phi) is 6.35. The van der Waals surface area contributed by atoms with Crippen molar-refractivity contribution < 1.29 is 9.59 Å². The van der Waals surface area contributed by atoms with E-state index in [4.69, 9.17) is 0 Å². The van der Waals surface area contributed by atoms with E-state index >= 15 is 0 Å². The third-order valence-corrected chi connectivity index (χ3v) is 4.92. The summed E-state index contributed by atoms with van der Waals surface area (Å²) >= 11 is 3.33. The van der Waals surface area contributed by atoms with Crippen molar-refractivity contribution in [2.45, 2.75) is 6.54 Å². The van der Waals surface area contributed by atoms with Gasteiger partial charge >= 0.3 is 0 Å². The minimum absolute atomic E-state index is 0.0270. The van der Waals surface area contributed by atoms with Gasteiger partial charge in [0, 0.05) is 55.2 Å². The zero-order valence-corrected chi connectivity index (χ0v) is 16.0. The van der Waals surface area contributed by atoms with E-state index in [9.17, 15) is 9.59 Å². The Labute approximate surface area is 161 Å². The van der Waals surface area contributed by atoms with Crippen LogP contribution in [0.15, 0.2) is 53.3 Å². The number of hydrogen-bond donors (Lipinski definition) is 1. The molecule has 0 unspecified atom stereocenters. The van der Waals surface area contributed by atoms with Crippen molar-refractivity contribution in [1.29, 1.82) is 0 Å². The van der Waals surface area contributed by atoms with Gasteiger partial charge in [-0.25, -0.2) is 0 Å². The minimum atomic E-state index is -0.234. The molecule has 2 heterocycles. The molecule has 1 aromatic heterocycles. The molecule has 1 N–H and O–H groups in total. The van der Waals surface area contributed by atoms with Crippen molar-refractivity contribution in [3.8, 4) is 0 Å². The molecular weight excluding hydrogens is 396 g/mol. The summed E-state index contributed by atoms with van der Waals surface area (Å²) in [5.74, 6) is -0.277. The van der Waals surface area contributed by atoms with Crippen LogP contribution in [-0.4, -0.2) is 59.3 Å². The highest BCUT2D eigenvalue weighted by Gasteiger charge is 2.21. The Balaban J connectivity index is 1.42. The Morgan fingerprint density at radius 3 is 2.31 bits per heavy atom. The van der Waals surface area contributed by atoms with Gasteiger partial charge < -0.3 is 10.2 Å². The number of pyridine rings is 1. The Morgan fingerprint density at radius 1 is 1.00 bits per heavy atom. The predicted octanol–water partition coefficient (Wildman–Crippen LogP) is 1.92. The highest BCUT2D eigenvalue weighted by molar-refractivity contribution is 9.10. The van der Waals surface area contributed by atoms with Gasteiger partial charge in [0.25, 0.3) is 5.91 Å². The first-order chi connectivity index (χ1) is 12.6. The quantitative estimate of drug-likeness (QED) is 0.808.